The molecule has 0 aliphatic rings. The average molecular weight is 229 g/mol. The van der Waals surface area contributed by atoms with Gasteiger partial charge >= 0.3 is 12.1 Å². The number of carboxylic acid groups (broad SMARTS) is 1. The first kappa shape index (κ1) is 14.3. The number of hydrogen-bond donors (Lipinski definition) is 2. The molecule has 0 saturated heterocycles. The summed E-state index contributed by atoms with van der Waals surface area (Å²) in [6, 6.07) is 0. The van der Waals surface area contributed by atoms with Gasteiger partial charge in [0.1, 0.15) is 4.84 Å². The van der Waals surface area contributed by atoms with E-state index in [0.29, 0.717) is 0 Å². The van der Waals surface area contributed by atoms with Gasteiger partial charge in [-0.1, -0.05) is 0 Å². The first-order valence-electron chi connectivity index (χ1n) is 2.41. The van der Waals surface area contributed by atoms with Crippen molar-refractivity contribution in [3.05, 3.63) is 0 Å². The van der Waals surface area contributed by atoms with Gasteiger partial charge in [0.05, 0.1) is 6.61 Å². The number of rotatable bonds is 1. The van der Waals surface area contributed by atoms with Crippen molar-refractivity contribution in [2.75, 3.05) is 6.61 Å². The van der Waals surface area contributed by atoms with Crippen LogP contribution in [0.1, 0.15) is 0 Å². The summed E-state index contributed by atoms with van der Waals surface area (Å²) in [7, 11) is 0. The van der Waals surface area contributed by atoms with Crippen LogP contribution in [0, 0.1) is 0 Å². The SMILES string of the molecule is O=C(O)C(F)(F)F.OCC(Cl)Cl. The van der Waals surface area contributed by atoms with Gasteiger partial charge < -0.3 is 10.2 Å². The van der Waals surface area contributed by atoms with Gasteiger partial charge in [-0.2, -0.15) is 13.2 Å². The topological polar surface area (TPSA) is 57.5 Å². The van der Waals surface area contributed by atoms with Crippen molar-refractivity contribution in [3.8, 4) is 0 Å². The molecule has 0 spiro atoms. The number of aliphatic carboxylic acids is 1. The maximum absolute atomic E-state index is 10.6. The van der Waals surface area contributed by atoms with Crippen LogP contribution >= 0.6 is 23.2 Å². The average Bonchev–Trinajstić information content (AvgIpc) is 1.87. The normalized spacial score (nSPS) is 10.6. The molecule has 0 heterocycles. The lowest BCUT2D eigenvalue weighted by atomic mass is 10.7. The minimum Gasteiger partial charge on any atom is -0.475 e. The highest BCUT2D eigenvalue weighted by Crippen LogP contribution is 2.13. The number of halogens is 5. The fourth-order valence-electron chi connectivity index (χ4n) is 0. The Morgan fingerprint density at radius 1 is 1.42 bits per heavy atom. The van der Waals surface area contributed by atoms with E-state index in [9.17, 15) is 13.2 Å². The van der Waals surface area contributed by atoms with Crippen LogP contribution in [0.5, 0.6) is 0 Å². The summed E-state index contributed by atoms with van der Waals surface area (Å²) in [6.45, 7) is -0.164. The highest BCUT2D eigenvalue weighted by molar-refractivity contribution is 6.44. The Balaban J connectivity index is 0. The third-order valence-corrected chi connectivity index (χ3v) is 0.657. The number of carboxylic acids is 1. The van der Waals surface area contributed by atoms with Crippen molar-refractivity contribution >= 4 is 29.2 Å². The first-order valence-corrected chi connectivity index (χ1v) is 3.28. The molecule has 0 aliphatic carbocycles. The summed E-state index contributed by atoms with van der Waals surface area (Å²) in [4.78, 5) is 8.28. The minimum absolute atomic E-state index is 0.164. The molecule has 0 aromatic heterocycles. The fraction of sp³-hybridized carbons (Fsp3) is 0.750. The van der Waals surface area contributed by atoms with Crippen molar-refractivity contribution in [1.29, 1.82) is 0 Å². The standard InChI is InChI=1S/C2H4Cl2O.C2HF3O2/c3-2(4)1-5;3-2(4,5)1(6)7/h2,5H,1H2;(H,6,7). The molecule has 8 heteroatoms. The van der Waals surface area contributed by atoms with E-state index >= 15 is 0 Å². The third-order valence-electron chi connectivity index (χ3n) is 0.381. The second kappa shape index (κ2) is 6.33. The van der Waals surface area contributed by atoms with Gasteiger partial charge in [0.25, 0.3) is 0 Å². The zero-order valence-corrected chi connectivity index (χ0v) is 6.99. The van der Waals surface area contributed by atoms with Crippen LogP contribution in [-0.4, -0.2) is 33.8 Å². The molecule has 3 nitrogen and oxygen atoms in total. The molecule has 74 valence electrons. The smallest absolute Gasteiger partial charge is 0.475 e. The lowest BCUT2D eigenvalue weighted by molar-refractivity contribution is -0.192. The molecule has 0 aromatic rings. The van der Waals surface area contributed by atoms with Crippen molar-refractivity contribution in [2.24, 2.45) is 0 Å². The van der Waals surface area contributed by atoms with Gasteiger partial charge in [-0.05, 0) is 0 Å². The molecule has 0 saturated carbocycles. The lowest BCUT2D eigenvalue weighted by Gasteiger charge is -1.93. The van der Waals surface area contributed by atoms with E-state index in [1.54, 1.807) is 0 Å². The molecule has 2 N–H and O–H groups in total. The van der Waals surface area contributed by atoms with Crippen molar-refractivity contribution < 1.29 is 28.2 Å². The summed E-state index contributed by atoms with van der Waals surface area (Å²) >= 11 is 9.96. The Bertz CT molecular complexity index is 136. The van der Waals surface area contributed by atoms with Crippen LogP contribution in [0.25, 0.3) is 0 Å². The Hall–Kier alpha value is -0.200. The maximum atomic E-state index is 10.6. The van der Waals surface area contributed by atoms with Crippen LogP contribution in [0.3, 0.4) is 0 Å². The molecule has 0 unspecified atom stereocenters. The van der Waals surface area contributed by atoms with Crippen LogP contribution in [-0.2, 0) is 4.79 Å². The number of aliphatic hydroxyl groups excluding tert-OH is 1. The quantitative estimate of drug-likeness (QED) is 0.668. The summed E-state index contributed by atoms with van der Waals surface area (Å²) in [6.07, 6.45) is -5.08. The van der Waals surface area contributed by atoms with Gasteiger partial charge in [-0.3, -0.25) is 0 Å². The summed E-state index contributed by atoms with van der Waals surface area (Å²) in [5.74, 6) is -2.76. The highest BCUT2D eigenvalue weighted by Gasteiger charge is 2.38. The lowest BCUT2D eigenvalue weighted by Crippen LogP contribution is -2.21. The van der Waals surface area contributed by atoms with Gasteiger partial charge in [-0.15, -0.1) is 23.2 Å². The van der Waals surface area contributed by atoms with Gasteiger partial charge in [0.2, 0.25) is 0 Å². The second-order valence-electron chi connectivity index (χ2n) is 1.38. The molecular formula is C4H5Cl2F3O3. The van der Waals surface area contributed by atoms with E-state index in [-0.39, 0.29) is 6.61 Å². The van der Waals surface area contributed by atoms with Crippen molar-refractivity contribution in [2.45, 2.75) is 11.0 Å². The number of carbonyl (C=O) groups is 1. The molecule has 0 radical (unpaired) electrons. The number of alkyl halides is 5. The van der Waals surface area contributed by atoms with Crippen LogP contribution in [0.4, 0.5) is 13.2 Å². The van der Waals surface area contributed by atoms with Crippen molar-refractivity contribution in [1.82, 2.24) is 0 Å². The molecule has 0 rings (SSSR count). The first-order chi connectivity index (χ1) is 5.21. The molecule has 0 aliphatic heterocycles. The van der Waals surface area contributed by atoms with Gasteiger partial charge in [0.15, 0.2) is 0 Å². The van der Waals surface area contributed by atoms with Gasteiger partial charge in [-0.25, -0.2) is 4.79 Å². The number of hydrogen-bond acceptors (Lipinski definition) is 2. The molecule has 0 aromatic carbocycles. The Morgan fingerprint density at radius 2 is 1.58 bits per heavy atom. The largest absolute Gasteiger partial charge is 0.490 e. The zero-order valence-electron chi connectivity index (χ0n) is 5.48. The molecule has 0 amide bonds. The monoisotopic (exact) mass is 228 g/mol. The van der Waals surface area contributed by atoms with Crippen LogP contribution in [0.15, 0.2) is 0 Å². The van der Waals surface area contributed by atoms with E-state index in [4.69, 9.17) is 38.2 Å². The van der Waals surface area contributed by atoms with Crippen LogP contribution in [0.2, 0.25) is 0 Å². The molecule has 0 atom stereocenters. The van der Waals surface area contributed by atoms with E-state index in [1.165, 1.54) is 0 Å². The Labute approximate surface area is 75.7 Å². The molecule has 0 bridgehead atoms. The molecule has 12 heavy (non-hydrogen) atoms. The summed E-state index contributed by atoms with van der Waals surface area (Å²) in [5.41, 5.74) is 0. The maximum Gasteiger partial charge on any atom is 0.490 e. The highest BCUT2D eigenvalue weighted by atomic mass is 35.5. The van der Waals surface area contributed by atoms with E-state index in [2.05, 4.69) is 0 Å². The van der Waals surface area contributed by atoms with Gasteiger partial charge in [0, 0.05) is 0 Å². The predicted molar refractivity (Wildman–Crippen MR) is 36.3 cm³/mol. The second-order valence-corrected chi connectivity index (χ2v) is 2.65. The third kappa shape index (κ3) is 12.5. The van der Waals surface area contributed by atoms with E-state index in [1.807, 2.05) is 0 Å². The van der Waals surface area contributed by atoms with Crippen molar-refractivity contribution in [3.63, 3.8) is 0 Å². The predicted octanol–water partition coefficient (Wildman–Crippen LogP) is 1.42. The zero-order chi connectivity index (χ0) is 10.4. The summed E-state index contributed by atoms with van der Waals surface area (Å²) < 4.78 is 31.7. The summed E-state index contributed by atoms with van der Waals surface area (Å²) in [5, 5.41) is 15.0. The molecule has 0 fully saturated rings. The Kier molecular flexibility index (Phi) is 7.56. The number of aliphatic hydroxyl groups is 1. The minimum atomic E-state index is -5.08. The molecular weight excluding hydrogens is 224 g/mol. The van der Waals surface area contributed by atoms with E-state index in [0.717, 1.165) is 0 Å². The fourth-order valence-corrected chi connectivity index (χ4v) is 0. The van der Waals surface area contributed by atoms with Crippen LogP contribution < -0.4 is 0 Å². The van der Waals surface area contributed by atoms with E-state index < -0.39 is 17.0 Å². The Morgan fingerprint density at radius 3 is 1.58 bits per heavy atom.